The first-order valence-corrected chi connectivity index (χ1v) is 7.38. The molecule has 0 radical (unpaired) electrons. The van der Waals surface area contributed by atoms with E-state index in [-0.39, 0.29) is 12.0 Å². The second-order valence-corrected chi connectivity index (χ2v) is 4.84. The predicted molar refractivity (Wildman–Crippen MR) is 83.5 cm³/mol. The molecule has 0 unspecified atom stereocenters. The van der Waals surface area contributed by atoms with Crippen molar-refractivity contribution in [2.75, 3.05) is 59.5 Å². The molecule has 0 saturated carbocycles. The summed E-state index contributed by atoms with van der Waals surface area (Å²) in [6, 6.07) is 0. The third-order valence-electron chi connectivity index (χ3n) is 3.12. The average molecular weight is 302 g/mol. The molecule has 0 aromatic heterocycles. The van der Waals surface area contributed by atoms with Crippen molar-refractivity contribution < 1.29 is 24.1 Å². The van der Waals surface area contributed by atoms with Crippen LogP contribution in [0.3, 0.4) is 0 Å². The first kappa shape index (κ1) is 20.3. The SMILES string of the molecule is C=CCOCCOCC(CC)(CO)COCCOCC=C. The lowest BCUT2D eigenvalue weighted by Crippen LogP contribution is -2.36. The average Bonchev–Trinajstić information content (AvgIpc) is 2.52. The second kappa shape index (κ2) is 14.2. The minimum Gasteiger partial charge on any atom is -0.396 e. The van der Waals surface area contributed by atoms with Crippen molar-refractivity contribution in [2.45, 2.75) is 13.3 Å². The lowest BCUT2D eigenvalue weighted by atomic mass is 9.88. The molecule has 0 aromatic rings. The topological polar surface area (TPSA) is 57.2 Å². The molecule has 0 spiro atoms. The molecule has 1 N–H and O–H groups in total. The van der Waals surface area contributed by atoms with Gasteiger partial charge in [-0.15, -0.1) is 13.2 Å². The van der Waals surface area contributed by atoms with Crippen LogP contribution in [0, 0.1) is 5.41 Å². The van der Waals surface area contributed by atoms with E-state index in [0.29, 0.717) is 52.9 Å². The summed E-state index contributed by atoms with van der Waals surface area (Å²) in [7, 11) is 0. The van der Waals surface area contributed by atoms with Gasteiger partial charge in [-0.1, -0.05) is 19.1 Å². The molecular formula is C16H30O5. The fraction of sp³-hybridized carbons (Fsp3) is 0.750. The summed E-state index contributed by atoms with van der Waals surface area (Å²) in [6.45, 7) is 13.2. The van der Waals surface area contributed by atoms with E-state index in [1.54, 1.807) is 12.2 Å². The first-order chi connectivity index (χ1) is 10.2. The van der Waals surface area contributed by atoms with Crippen LogP contribution in [0.15, 0.2) is 25.3 Å². The fourth-order valence-corrected chi connectivity index (χ4v) is 1.60. The zero-order chi connectivity index (χ0) is 15.8. The summed E-state index contributed by atoms with van der Waals surface area (Å²) in [4.78, 5) is 0. The van der Waals surface area contributed by atoms with Crippen molar-refractivity contribution in [1.29, 1.82) is 0 Å². The number of aliphatic hydroxyl groups is 1. The summed E-state index contributed by atoms with van der Waals surface area (Å²) in [6.07, 6.45) is 4.18. The van der Waals surface area contributed by atoms with Crippen LogP contribution >= 0.6 is 0 Å². The first-order valence-electron chi connectivity index (χ1n) is 7.38. The van der Waals surface area contributed by atoms with Gasteiger partial charge >= 0.3 is 0 Å². The monoisotopic (exact) mass is 302 g/mol. The molecule has 0 aliphatic carbocycles. The number of hydrogen-bond acceptors (Lipinski definition) is 5. The molecule has 21 heavy (non-hydrogen) atoms. The number of hydrogen-bond donors (Lipinski definition) is 1. The predicted octanol–water partition coefficient (Wildman–Crippen LogP) is 1.81. The molecule has 0 aliphatic rings. The minimum atomic E-state index is -0.364. The van der Waals surface area contributed by atoms with E-state index in [0.717, 1.165) is 6.42 Å². The summed E-state index contributed by atoms with van der Waals surface area (Å²) >= 11 is 0. The zero-order valence-corrected chi connectivity index (χ0v) is 13.2. The van der Waals surface area contributed by atoms with Crippen LogP contribution in [0.5, 0.6) is 0 Å². The molecule has 0 aromatic carbocycles. The molecule has 0 heterocycles. The van der Waals surface area contributed by atoms with E-state index in [4.69, 9.17) is 18.9 Å². The maximum atomic E-state index is 9.61. The van der Waals surface area contributed by atoms with Crippen LogP contribution in [0.2, 0.25) is 0 Å². The van der Waals surface area contributed by atoms with E-state index in [1.165, 1.54) is 0 Å². The van der Waals surface area contributed by atoms with Gasteiger partial charge in [0.25, 0.3) is 0 Å². The lowest BCUT2D eigenvalue weighted by Gasteiger charge is -2.30. The largest absolute Gasteiger partial charge is 0.396 e. The summed E-state index contributed by atoms with van der Waals surface area (Å²) in [5.41, 5.74) is -0.364. The quantitative estimate of drug-likeness (QED) is 0.348. The molecule has 0 saturated heterocycles. The molecule has 5 heteroatoms. The van der Waals surface area contributed by atoms with Gasteiger partial charge in [0.05, 0.1) is 59.5 Å². The third kappa shape index (κ3) is 10.6. The summed E-state index contributed by atoms with van der Waals surface area (Å²) < 4.78 is 21.6. The lowest BCUT2D eigenvalue weighted by molar-refractivity contribution is -0.0679. The zero-order valence-electron chi connectivity index (χ0n) is 13.2. The maximum absolute atomic E-state index is 9.61. The van der Waals surface area contributed by atoms with Gasteiger partial charge in [-0.05, 0) is 6.42 Å². The highest BCUT2D eigenvalue weighted by Crippen LogP contribution is 2.22. The van der Waals surface area contributed by atoms with Crippen molar-refractivity contribution in [3.63, 3.8) is 0 Å². The Balaban J connectivity index is 3.83. The highest BCUT2D eigenvalue weighted by molar-refractivity contribution is 4.76. The van der Waals surface area contributed by atoms with Gasteiger partial charge in [0.1, 0.15) is 0 Å². The molecule has 0 aliphatic heterocycles. The number of rotatable bonds is 16. The molecule has 0 atom stereocenters. The van der Waals surface area contributed by atoms with Gasteiger partial charge in [0, 0.05) is 5.41 Å². The van der Waals surface area contributed by atoms with Gasteiger partial charge in [0.15, 0.2) is 0 Å². The van der Waals surface area contributed by atoms with E-state index in [1.807, 2.05) is 6.92 Å². The Bertz CT molecular complexity index is 229. The van der Waals surface area contributed by atoms with Gasteiger partial charge in [-0.2, -0.15) is 0 Å². The Labute approximate surface area is 128 Å². The number of aliphatic hydroxyl groups excluding tert-OH is 1. The molecule has 0 amide bonds. The summed E-state index contributed by atoms with van der Waals surface area (Å²) in [5, 5.41) is 9.61. The molecule has 0 rings (SSSR count). The second-order valence-electron chi connectivity index (χ2n) is 4.84. The van der Waals surface area contributed by atoms with Crippen molar-refractivity contribution in [3.05, 3.63) is 25.3 Å². The minimum absolute atomic E-state index is 0.0323. The van der Waals surface area contributed by atoms with Crippen LogP contribution in [0.4, 0.5) is 0 Å². The normalized spacial score (nSPS) is 11.5. The molecule has 0 fully saturated rings. The van der Waals surface area contributed by atoms with Crippen LogP contribution in [0.1, 0.15) is 13.3 Å². The van der Waals surface area contributed by atoms with Gasteiger partial charge < -0.3 is 24.1 Å². The highest BCUT2D eigenvalue weighted by atomic mass is 16.5. The Morgan fingerprint density at radius 3 is 1.62 bits per heavy atom. The van der Waals surface area contributed by atoms with Crippen LogP contribution < -0.4 is 0 Å². The maximum Gasteiger partial charge on any atom is 0.0704 e. The van der Waals surface area contributed by atoms with Crippen LogP contribution in [-0.2, 0) is 18.9 Å². The highest BCUT2D eigenvalue weighted by Gasteiger charge is 2.28. The molecule has 5 nitrogen and oxygen atoms in total. The van der Waals surface area contributed by atoms with Gasteiger partial charge in [0.2, 0.25) is 0 Å². The fourth-order valence-electron chi connectivity index (χ4n) is 1.60. The molecule has 124 valence electrons. The molecular weight excluding hydrogens is 272 g/mol. The van der Waals surface area contributed by atoms with Crippen LogP contribution in [-0.4, -0.2) is 64.6 Å². The van der Waals surface area contributed by atoms with Crippen molar-refractivity contribution in [1.82, 2.24) is 0 Å². The Morgan fingerprint density at radius 2 is 1.29 bits per heavy atom. The van der Waals surface area contributed by atoms with Gasteiger partial charge in [-0.3, -0.25) is 0 Å². The standard InChI is InChI=1S/C16H30O5/c1-4-7-18-9-11-20-14-16(6-3,13-17)15-21-12-10-19-8-5-2/h4-5,17H,1-2,6-15H2,3H3. The van der Waals surface area contributed by atoms with Crippen molar-refractivity contribution >= 4 is 0 Å². The Morgan fingerprint density at radius 1 is 0.857 bits per heavy atom. The van der Waals surface area contributed by atoms with E-state index >= 15 is 0 Å². The third-order valence-corrected chi connectivity index (χ3v) is 3.12. The van der Waals surface area contributed by atoms with E-state index in [2.05, 4.69) is 13.2 Å². The Kier molecular flexibility index (Phi) is 13.7. The van der Waals surface area contributed by atoms with E-state index < -0.39 is 0 Å². The van der Waals surface area contributed by atoms with E-state index in [9.17, 15) is 5.11 Å². The van der Waals surface area contributed by atoms with Crippen molar-refractivity contribution in [3.8, 4) is 0 Å². The Hall–Kier alpha value is -0.720. The van der Waals surface area contributed by atoms with Gasteiger partial charge in [-0.25, -0.2) is 0 Å². The summed E-state index contributed by atoms with van der Waals surface area (Å²) in [5.74, 6) is 0. The van der Waals surface area contributed by atoms with Crippen LogP contribution in [0.25, 0.3) is 0 Å². The molecule has 0 bridgehead atoms. The number of ether oxygens (including phenoxy) is 4. The smallest absolute Gasteiger partial charge is 0.0704 e. The van der Waals surface area contributed by atoms with Crippen molar-refractivity contribution in [2.24, 2.45) is 5.41 Å².